The summed E-state index contributed by atoms with van der Waals surface area (Å²) in [4.78, 5) is 30.3. The molecule has 148 valence electrons. The number of ketones is 1. The van der Waals surface area contributed by atoms with Crippen LogP contribution in [-0.4, -0.2) is 40.3 Å². The molecule has 1 atom stereocenters. The number of aliphatic hydroxyl groups excluding tert-OH is 1. The summed E-state index contributed by atoms with van der Waals surface area (Å²) in [5.41, 5.74) is 2.21. The van der Waals surface area contributed by atoms with Crippen LogP contribution >= 0.6 is 0 Å². The van der Waals surface area contributed by atoms with Gasteiger partial charge in [0.1, 0.15) is 11.5 Å². The van der Waals surface area contributed by atoms with Gasteiger partial charge in [-0.05, 0) is 30.2 Å². The molecule has 1 saturated heterocycles. The zero-order valence-corrected chi connectivity index (χ0v) is 16.3. The zero-order valence-electron chi connectivity index (χ0n) is 16.3. The first-order valence-electron chi connectivity index (χ1n) is 9.55. The van der Waals surface area contributed by atoms with Crippen molar-refractivity contribution in [3.63, 3.8) is 0 Å². The SMILES string of the molecule is CCCN1C(=O)C(=O)/C(=C(\O)c2c[nH]c3ccccc23)C1c1ccc(OC)cc1. The van der Waals surface area contributed by atoms with Crippen LogP contribution in [0.1, 0.15) is 30.5 Å². The van der Waals surface area contributed by atoms with Crippen LogP contribution in [0.5, 0.6) is 5.75 Å². The van der Waals surface area contributed by atoms with Gasteiger partial charge in [0.2, 0.25) is 0 Å². The molecule has 29 heavy (non-hydrogen) atoms. The number of likely N-dealkylation sites (tertiary alicyclic amines) is 1. The Kier molecular flexibility index (Phi) is 4.84. The number of nitrogens with one attached hydrogen (secondary N) is 1. The number of H-pyrrole nitrogens is 1. The predicted octanol–water partition coefficient (Wildman–Crippen LogP) is 4.01. The number of ether oxygens (including phenoxy) is 1. The van der Waals surface area contributed by atoms with Gasteiger partial charge in [-0.3, -0.25) is 9.59 Å². The number of aromatic amines is 1. The molecule has 1 aliphatic rings. The number of nitrogens with zero attached hydrogens (tertiary/aromatic N) is 1. The Bertz CT molecular complexity index is 1110. The highest BCUT2D eigenvalue weighted by molar-refractivity contribution is 6.46. The molecule has 0 saturated carbocycles. The Morgan fingerprint density at radius 3 is 2.55 bits per heavy atom. The molecule has 4 rings (SSSR count). The van der Waals surface area contributed by atoms with Crippen molar-refractivity contribution in [3.05, 3.63) is 71.4 Å². The fourth-order valence-electron chi connectivity index (χ4n) is 3.90. The van der Waals surface area contributed by atoms with Crippen molar-refractivity contribution >= 4 is 28.4 Å². The normalized spacial score (nSPS) is 18.6. The fourth-order valence-corrected chi connectivity index (χ4v) is 3.90. The number of methoxy groups -OCH3 is 1. The molecule has 0 spiro atoms. The van der Waals surface area contributed by atoms with Gasteiger partial charge in [-0.15, -0.1) is 0 Å². The van der Waals surface area contributed by atoms with E-state index in [-0.39, 0.29) is 11.3 Å². The third-order valence-corrected chi connectivity index (χ3v) is 5.28. The van der Waals surface area contributed by atoms with Crippen LogP contribution in [0.2, 0.25) is 0 Å². The van der Waals surface area contributed by atoms with E-state index < -0.39 is 17.7 Å². The Morgan fingerprint density at radius 2 is 1.86 bits per heavy atom. The van der Waals surface area contributed by atoms with Crippen LogP contribution in [-0.2, 0) is 9.59 Å². The average molecular weight is 390 g/mol. The molecule has 2 N–H and O–H groups in total. The highest BCUT2D eigenvalue weighted by Crippen LogP contribution is 2.40. The highest BCUT2D eigenvalue weighted by atomic mass is 16.5. The Balaban J connectivity index is 1.91. The molecule has 2 aromatic carbocycles. The second-order valence-corrected chi connectivity index (χ2v) is 7.01. The lowest BCUT2D eigenvalue weighted by Crippen LogP contribution is -2.30. The standard InChI is InChI=1S/C23H22N2O4/c1-3-12-25-20(14-8-10-15(29-2)11-9-14)19(22(27)23(25)28)21(26)17-13-24-18-7-5-4-6-16(17)18/h4-11,13,20,24,26H,3,12H2,1-2H3/b21-19-. The molecule has 0 bridgehead atoms. The fraction of sp³-hybridized carbons (Fsp3) is 0.217. The maximum absolute atomic E-state index is 12.9. The van der Waals surface area contributed by atoms with Crippen molar-refractivity contribution < 1.29 is 19.4 Å². The molecular weight excluding hydrogens is 368 g/mol. The van der Waals surface area contributed by atoms with Crippen LogP contribution in [0.4, 0.5) is 0 Å². The molecule has 1 aliphatic heterocycles. The predicted molar refractivity (Wildman–Crippen MR) is 111 cm³/mol. The number of para-hydroxylation sites is 1. The first-order chi connectivity index (χ1) is 14.1. The second kappa shape index (κ2) is 7.47. The minimum absolute atomic E-state index is 0.110. The second-order valence-electron chi connectivity index (χ2n) is 7.01. The van der Waals surface area contributed by atoms with E-state index in [1.165, 1.54) is 4.90 Å². The molecule has 1 unspecified atom stereocenters. The molecule has 0 aliphatic carbocycles. The van der Waals surface area contributed by atoms with Crippen LogP contribution in [0.25, 0.3) is 16.7 Å². The number of aliphatic hydroxyl groups is 1. The monoisotopic (exact) mass is 390 g/mol. The topological polar surface area (TPSA) is 82.6 Å². The van der Waals surface area contributed by atoms with Gasteiger partial charge in [-0.1, -0.05) is 37.3 Å². The number of carbonyl (C=O) groups excluding carboxylic acids is 2. The van der Waals surface area contributed by atoms with Gasteiger partial charge in [0, 0.05) is 29.2 Å². The lowest BCUT2D eigenvalue weighted by Gasteiger charge is -2.25. The van der Waals surface area contributed by atoms with Crippen molar-refractivity contribution in [3.8, 4) is 5.75 Å². The molecule has 1 aromatic heterocycles. The number of rotatable bonds is 5. The van der Waals surface area contributed by atoms with Crippen LogP contribution in [0, 0.1) is 0 Å². The highest BCUT2D eigenvalue weighted by Gasteiger charge is 2.45. The number of hydrogen-bond acceptors (Lipinski definition) is 4. The van der Waals surface area contributed by atoms with E-state index in [4.69, 9.17) is 4.74 Å². The summed E-state index contributed by atoms with van der Waals surface area (Å²) in [6.45, 7) is 2.37. The van der Waals surface area contributed by atoms with Crippen molar-refractivity contribution in [1.29, 1.82) is 0 Å². The van der Waals surface area contributed by atoms with Gasteiger partial charge in [-0.25, -0.2) is 0 Å². The molecule has 1 fully saturated rings. The summed E-state index contributed by atoms with van der Waals surface area (Å²) in [6.07, 6.45) is 2.37. The Labute approximate surface area is 168 Å². The van der Waals surface area contributed by atoms with Gasteiger partial charge in [0.05, 0.1) is 18.7 Å². The number of aromatic nitrogens is 1. The van der Waals surface area contributed by atoms with E-state index in [1.807, 2.05) is 43.3 Å². The van der Waals surface area contributed by atoms with Gasteiger partial charge in [0.15, 0.2) is 0 Å². The summed E-state index contributed by atoms with van der Waals surface area (Å²) < 4.78 is 5.22. The number of fused-ring (bicyclic) bond motifs is 1. The van der Waals surface area contributed by atoms with E-state index >= 15 is 0 Å². The summed E-state index contributed by atoms with van der Waals surface area (Å²) in [7, 11) is 1.58. The molecule has 3 aromatic rings. The Morgan fingerprint density at radius 1 is 1.14 bits per heavy atom. The molecular formula is C23H22N2O4. The van der Waals surface area contributed by atoms with E-state index in [0.717, 1.165) is 16.5 Å². The minimum atomic E-state index is -0.665. The van der Waals surface area contributed by atoms with E-state index in [0.29, 0.717) is 24.3 Å². The minimum Gasteiger partial charge on any atom is -0.507 e. The van der Waals surface area contributed by atoms with Gasteiger partial charge in [0.25, 0.3) is 11.7 Å². The maximum atomic E-state index is 12.9. The molecule has 6 heteroatoms. The number of amides is 1. The van der Waals surface area contributed by atoms with Crippen molar-refractivity contribution in [2.45, 2.75) is 19.4 Å². The molecule has 0 radical (unpaired) electrons. The third kappa shape index (κ3) is 3.06. The average Bonchev–Trinajstić information content (AvgIpc) is 3.28. The first kappa shape index (κ1) is 18.8. The summed E-state index contributed by atoms with van der Waals surface area (Å²) in [6, 6.07) is 14.1. The Hall–Kier alpha value is -3.54. The number of carbonyl (C=O) groups is 2. The van der Waals surface area contributed by atoms with Crippen molar-refractivity contribution in [1.82, 2.24) is 9.88 Å². The van der Waals surface area contributed by atoms with Crippen LogP contribution < -0.4 is 4.74 Å². The molecule has 6 nitrogen and oxygen atoms in total. The molecule has 2 heterocycles. The smallest absolute Gasteiger partial charge is 0.295 e. The lowest BCUT2D eigenvalue weighted by atomic mass is 9.95. The van der Waals surface area contributed by atoms with Crippen molar-refractivity contribution in [2.24, 2.45) is 0 Å². The van der Waals surface area contributed by atoms with E-state index in [9.17, 15) is 14.7 Å². The molecule has 1 amide bonds. The number of hydrogen-bond donors (Lipinski definition) is 2. The van der Waals surface area contributed by atoms with E-state index in [2.05, 4.69) is 4.98 Å². The number of benzene rings is 2. The van der Waals surface area contributed by atoms with Crippen LogP contribution in [0.15, 0.2) is 60.3 Å². The largest absolute Gasteiger partial charge is 0.507 e. The van der Waals surface area contributed by atoms with Crippen molar-refractivity contribution in [2.75, 3.05) is 13.7 Å². The van der Waals surface area contributed by atoms with E-state index in [1.54, 1.807) is 25.4 Å². The quantitative estimate of drug-likeness (QED) is 0.392. The summed E-state index contributed by atoms with van der Waals surface area (Å²) in [5.74, 6) is -0.742. The zero-order chi connectivity index (χ0) is 20.5. The third-order valence-electron chi connectivity index (χ3n) is 5.28. The van der Waals surface area contributed by atoms with Gasteiger partial charge < -0.3 is 19.7 Å². The van der Waals surface area contributed by atoms with Gasteiger partial charge >= 0.3 is 0 Å². The first-order valence-corrected chi connectivity index (χ1v) is 9.55. The lowest BCUT2D eigenvalue weighted by molar-refractivity contribution is -0.139. The summed E-state index contributed by atoms with van der Waals surface area (Å²) in [5, 5.41) is 11.9. The number of Topliss-reactive ketones (excluding diaryl/α,β-unsaturated/α-hetero) is 1. The summed E-state index contributed by atoms with van der Waals surface area (Å²) >= 11 is 0. The van der Waals surface area contributed by atoms with Gasteiger partial charge in [-0.2, -0.15) is 0 Å². The maximum Gasteiger partial charge on any atom is 0.295 e. The van der Waals surface area contributed by atoms with Crippen LogP contribution in [0.3, 0.4) is 0 Å².